The molecule has 1 aliphatic rings. The number of anilines is 1. The number of sulfonamides is 1. The van der Waals surface area contributed by atoms with Gasteiger partial charge < -0.3 is 9.32 Å². The third-order valence-electron chi connectivity index (χ3n) is 4.98. The number of rotatable bonds is 4. The minimum absolute atomic E-state index is 0.337. The zero-order valence-corrected chi connectivity index (χ0v) is 15.8. The molecule has 1 aromatic heterocycles. The molecule has 2 aromatic carbocycles. The van der Waals surface area contributed by atoms with Crippen LogP contribution in [0.3, 0.4) is 0 Å². The largest absolute Gasteiger partial charge is 0.417 e. The van der Waals surface area contributed by atoms with E-state index in [0.717, 1.165) is 17.7 Å². The summed E-state index contributed by atoms with van der Waals surface area (Å²) in [7, 11) is -3.48. The maximum Gasteiger partial charge on any atom is 0.417 e. The highest BCUT2D eigenvalue weighted by atomic mass is 32.2. The molecule has 8 heteroatoms. The second-order valence-corrected chi connectivity index (χ2v) is 8.52. The molecule has 0 bridgehead atoms. The average Bonchev–Trinajstić information content (AvgIpc) is 3.07. The number of fused-ring (bicyclic) bond motifs is 1. The number of hydrogen-bond acceptors (Lipinski definition) is 5. The average molecular weight is 387 g/mol. The van der Waals surface area contributed by atoms with Gasteiger partial charge in [-0.1, -0.05) is 19.1 Å². The molecule has 0 atom stereocenters. The predicted octanol–water partition coefficient (Wildman–Crippen LogP) is 2.19. The topological polar surface area (TPSA) is 86.6 Å². The van der Waals surface area contributed by atoms with Gasteiger partial charge in [0, 0.05) is 37.9 Å². The molecule has 1 aliphatic heterocycles. The quantitative estimate of drug-likeness (QED) is 0.742. The van der Waals surface area contributed by atoms with Crippen molar-refractivity contribution in [1.82, 2.24) is 9.29 Å². The van der Waals surface area contributed by atoms with E-state index in [4.69, 9.17) is 4.42 Å². The Balaban J connectivity index is 1.49. The molecule has 3 aromatic rings. The fraction of sp³-hybridized carbons (Fsp3) is 0.316. The summed E-state index contributed by atoms with van der Waals surface area (Å²) in [6.07, 6.45) is 0.880. The van der Waals surface area contributed by atoms with Crippen LogP contribution in [0.4, 0.5) is 5.69 Å². The van der Waals surface area contributed by atoms with E-state index in [1.165, 1.54) is 4.31 Å². The molecular weight excluding hydrogens is 366 g/mol. The number of hydrogen-bond donors (Lipinski definition) is 1. The van der Waals surface area contributed by atoms with Crippen molar-refractivity contribution in [2.75, 3.05) is 31.1 Å². The molecule has 0 spiro atoms. The lowest BCUT2D eigenvalue weighted by molar-refractivity contribution is 0.385. The lowest BCUT2D eigenvalue weighted by Gasteiger charge is -2.35. The van der Waals surface area contributed by atoms with E-state index in [1.54, 1.807) is 24.3 Å². The smallest absolute Gasteiger partial charge is 0.408 e. The van der Waals surface area contributed by atoms with Crippen LogP contribution in [0.5, 0.6) is 0 Å². The lowest BCUT2D eigenvalue weighted by atomic mass is 10.2. The first-order chi connectivity index (χ1) is 13.0. The second kappa shape index (κ2) is 6.86. The maximum absolute atomic E-state index is 12.9. The van der Waals surface area contributed by atoms with E-state index in [-0.39, 0.29) is 0 Å². The number of nitrogens with one attached hydrogen (secondary N) is 1. The van der Waals surface area contributed by atoms with Gasteiger partial charge >= 0.3 is 5.76 Å². The van der Waals surface area contributed by atoms with Crippen LogP contribution in [0.15, 0.2) is 56.6 Å². The van der Waals surface area contributed by atoms with E-state index in [1.807, 2.05) is 25.1 Å². The fourth-order valence-electron chi connectivity index (χ4n) is 3.36. The highest BCUT2D eigenvalue weighted by Crippen LogP contribution is 2.24. The fourth-order valence-corrected chi connectivity index (χ4v) is 4.79. The predicted molar refractivity (Wildman–Crippen MR) is 104 cm³/mol. The molecule has 0 aliphatic carbocycles. The van der Waals surface area contributed by atoms with Gasteiger partial charge in [0.25, 0.3) is 0 Å². The van der Waals surface area contributed by atoms with Crippen molar-refractivity contribution in [2.45, 2.75) is 18.2 Å². The molecule has 27 heavy (non-hydrogen) atoms. The van der Waals surface area contributed by atoms with Crippen molar-refractivity contribution in [2.24, 2.45) is 0 Å². The third-order valence-corrected chi connectivity index (χ3v) is 6.89. The van der Waals surface area contributed by atoms with E-state index in [0.29, 0.717) is 42.2 Å². The summed E-state index contributed by atoms with van der Waals surface area (Å²) in [6.45, 7) is 4.01. The van der Waals surface area contributed by atoms with E-state index in [9.17, 15) is 13.2 Å². The van der Waals surface area contributed by atoms with Gasteiger partial charge in [0.15, 0.2) is 5.58 Å². The van der Waals surface area contributed by atoms with Gasteiger partial charge in [-0.15, -0.1) is 0 Å². The van der Waals surface area contributed by atoms with Crippen molar-refractivity contribution >= 4 is 26.8 Å². The van der Waals surface area contributed by atoms with Crippen LogP contribution in [0.25, 0.3) is 11.1 Å². The van der Waals surface area contributed by atoms with E-state index >= 15 is 0 Å². The third kappa shape index (κ3) is 3.38. The molecule has 0 amide bonds. The number of aryl methyl sites for hydroxylation is 1. The first-order valence-corrected chi connectivity index (χ1v) is 10.4. The minimum Gasteiger partial charge on any atom is -0.408 e. The van der Waals surface area contributed by atoms with Crippen molar-refractivity contribution in [3.05, 3.63) is 58.6 Å². The van der Waals surface area contributed by atoms with Crippen LogP contribution < -0.4 is 10.7 Å². The summed E-state index contributed by atoms with van der Waals surface area (Å²) >= 11 is 0. The monoisotopic (exact) mass is 387 g/mol. The Kier molecular flexibility index (Phi) is 4.53. The minimum atomic E-state index is -3.48. The Morgan fingerprint density at radius 2 is 1.74 bits per heavy atom. The van der Waals surface area contributed by atoms with Gasteiger partial charge in [0.2, 0.25) is 10.0 Å². The molecule has 4 rings (SSSR count). The number of oxazole rings is 1. The molecule has 142 valence electrons. The first kappa shape index (κ1) is 17.8. The Hall–Kier alpha value is -2.58. The van der Waals surface area contributed by atoms with Crippen LogP contribution in [0.1, 0.15) is 12.5 Å². The molecule has 1 N–H and O–H groups in total. The Morgan fingerprint density at radius 3 is 2.41 bits per heavy atom. The maximum atomic E-state index is 12.9. The normalized spacial score (nSPS) is 16.1. The Morgan fingerprint density at radius 1 is 1.04 bits per heavy atom. The Bertz CT molecular complexity index is 1110. The molecule has 7 nitrogen and oxygen atoms in total. The second-order valence-electron chi connectivity index (χ2n) is 6.58. The standard InChI is InChI=1S/C19H21N3O4S/c1-2-14-3-6-16(7-4-14)27(24,25)22-11-9-21(10-12-22)15-5-8-17-18(13-15)26-19(23)20-17/h3-8,13H,2,9-12H2,1H3,(H,20,23). The van der Waals surface area contributed by atoms with Gasteiger partial charge in [-0.25, -0.2) is 13.2 Å². The number of H-pyrrole nitrogens is 1. The molecule has 2 heterocycles. The van der Waals surface area contributed by atoms with Gasteiger partial charge in [-0.05, 0) is 36.2 Å². The number of nitrogens with zero attached hydrogens (tertiary/aromatic N) is 2. The van der Waals surface area contributed by atoms with Crippen LogP contribution in [-0.2, 0) is 16.4 Å². The molecule has 0 radical (unpaired) electrons. The van der Waals surface area contributed by atoms with Gasteiger partial charge in [0.05, 0.1) is 10.4 Å². The number of aromatic nitrogens is 1. The van der Waals surface area contributed by atoms with Crippen molar-refractivity contribution in [1.29, 1.82) is 0 Å². The first-order valence-electron chi connectivity index (χ1n) is 8.94. The van der Waals surface area contributed by atoms with Gasteiger partial charge in [-0.3, -0.25) is 4.98 Å². The van der Waals surface area contributed by atoms with Crippen LogP contribution in [0, 0.1) is 0 Å². The summed E-state index contributed by atoms with van der Waals surface area (Å²) in [5.41, 5.74) is 3.18. The SMILES string of the molecule is CCc1ccc(S(=O)(=O)N2CCN(c3ccc4[nH]c(=O)oc4c3)CC2)cc1. The summed E-state index contributed by atoms with van der Waals surface area (Å²) in [5.74, 6) is -0.479. The Labute approximate surface area is 157 Å². The van der Waals surface area contributed by atoms with E-state index < -0.39 is 15.8 Å². The highest BCUT2D eigenvalue weighted by molar-refractivity contribution is 7.89. The van der Waals surface area contributed by atoms with Crippen molar-refractivity contribution in [3.63, 3.8) is 0 Å². The zero-order chi connectivity index (χ0) is 19.0. The van der Waals surface area contributed by atoms with Crippen molar-refractivity contribution < 1.29 is 12.8 Å². The number of aromatic amines is 1. The van der Waals surface area contributed by atoms with Gasteiger partial charge in [-0.2, -0.15) is 4.31 Å². The summed E-state index contributed by atoms with van der Waals surface area (Å²) in [6, 6.07) is 12.6. The summed E-state index contributed by atoms with van der Waals surface area (Å²) in [5, 5.41) is 0. The van der Waals surface area contributed by atoms with Crippen LogP contribution in [-0.4, -0.2) is 43.9 Å². The van der Waals surface area contributed by atoms with Crippen LogP contribution in [0.2, 0.25) is 0 Å². The van der Waals surface area contributed by atoms with Gasteiger partial charge in [0.1, 0.15) is 0 Å². The summed E-state index contributed by atoms with van der Waals surface area (Å²) < 4.78 is 32.4. The van der Waals surface area contributed by atoms with Crippen molar-refractivity contribution in [3.8, 4) is 0 Å². The molecule has 1 fully saturated rings. The molecular formula is C19H21N3O4S. The lowest BCUT2D eigenvalue weighted by Crippen LogP contribution is -2.48. The zero-order valence-electron chi connectivity index (χ0n) is 15.0. The van der Waals surface area contributed by atoms with Crippen LogP contribution >= 0.6 is 0 Å². The van der Waals surface area contributed by atoms with E-state index in [2.05, 4.69) is 9.88 Å². The molecule has 0 unspecified atom stereocenters. The summed E-state index contributed by atoms with van der Waals surface area (Å²) in [4.78, 5) is 16.3. The number of piperazine rings is 1. The molecule has 1 saturated heterocycles. The highest BCUT2D eigenvalue weighted by Gasteiger charge is 2.28. The molecule has 0 saturated carbocycles. The number of benzene rings is 2.